The Kier molecular flexibility index (Phi) is 4.19. The molecule has 1 aliphatic rings. The van der Waals surface area contributed by atoms with Crippen molar-refractivity contribution in [3.63, 3.8) is 0 Å². The van der Waals surface area contributed by atoms with Crippen LogP contribution in [-0.4, -0.2) is 25.8 Å². The highest BCUT2D eigenvalue weighted by atomic mass is 16.5. The monoisotopic (exact) mass is 233 g/mol. The van der Waals surface area contributed by atoms with Gasteiger partial charge in [0.2, 0.25) is 0 Å². The fourth-order valence-electron chi connectivity index (χ4n) is 2.84. The SMILES string of the molecule is CNC(Cc1cccc(C)c1)C1CCOC1C. The van der Waals surface area contributed by atoms with Crippen molar-refractivity contribution in [1.82, 2.24) is 5.32 Å². The molecule has 1 N–H and O–H groups in total. The number of benzene rings is 1. The van der Waals surface area contributed by atoms with Crippen molar-refractivity contribution in [1.29, 1.82) is 0 Å². The standard InChI is InChI=1S/C15H23NO/c1-11-5-4-6-13(9-11)10-15(16-3)14-7-8-17-12(14)2/h4-6,9,12,14-16H,7-8,10H2,1-3H3. The van der Waals surface area contributed by atoms with E-state index < -0.39 is 0 Å². The molecule has 1 saturated heterocycles. The summed E-state index contributed by atoms with van der Waals surface area (Å²) in [5.74, 6) is 0.639. The van der Waals surface area contributed by atoms with Gasteiger partial charge in [-0.15, -0.1) is 0 Å². The van der Waals surface area contributed by atoms with Crippen molar-refractivity contribution in [2.24, 2.45) is 5.92 Å². The lowest BCUT2D eigenvalue weighted by Crippen LogP contribution is -2.38. The van der Waals surface area contributed by atoms with Gasteiger partial charge in [0.15, 0.2) is 0 Å². The van der Waals surface area contributed by atoms with Crippen molar-refractivity contribution in [3.8, 4) is 0 Å². The molecule has 3 atom stereocenters. The molecule has 0 bridgehead atoms. The third-order valence-electron chi connectivity index (χ3n) is 3.86. The van der Waals surface area contributed by atoms with Gasteiger partial charge < -0.3 is 10.1 Å². The molecule has 2 heteroatoms. The van der Waals surface area contributed by atoms with E-state index in [0.717, 1.165) is 13.0 Å². The van der Waals surface area contributed by atoms with Crippen molar-refractivity contribution < 1.29 is 4.74 Å². The molecule has 0 radical (unpaired) electrons. The molecule has 0 saturated carbocycles. The zero-order chi connectivity index (χ0) is 12.3. The first-order valence-corrected chi connectivity index (χ1v) is 6.55. The lowest BCUT2D eigenvalue weighted by molar-refractivity contribution is 0.0963. The number of aryl methyl sites for hydroxylation is 1. The highest BCUT2D eigenvalue weighted by Gasteiger charge is 2.30. The van der Waals surface area contributed by atoms with Crippen LogP contribution < -0.4 is 5.32 Å². The Bertz CT molecular complexity index is 364. The van der Waals surface area contributed by atoms with Crippen molar-refractivity contribution in [2.75, 3.05) is 13.7 Å². The van der Waals surface area contributed by atoms with Crippen LogP contribution in [0.15, 0.2) is 24.3 Å². The van der Waals surface area contributed by atoms with Crippen LogP contribution in [0.2, 0.25) is 0 Å². The summed E-state index contributed by atoms with van der Waals surface area (Å²) in [6.45, 7) is 5.26. The molecule has 1 fully saturated rings. The van der Waals surface area contributed by atoms with Gasteiger partial charge >= 0.3 is 0 Å². The maximum atomic E-state index is 5.67. The van der Waals surface area contributed by atoms with Crippen LogP contribution in [0.25, 0.3) is 0 Å². The van der Waals surface area contributed by atoms with Crippen LogP contribution in [0.5, 0.6) is 0 Å². The van der Waals surface area contributed by atoms with E-state index in [1.54, 1.807) is 0 Å². The topological polar surface area (TPSA) is 21.3 Å². The van der Waals surface area contributed by atoms with Crippen LogP contribution in [-0.2, 0) is 11.2 Å². The highest BCUT2D eigenvalue weighted by Crippen LogP contribution is 2.25. The Morgan fingerprint density at radius 2 is 2.29 bits per heavy atom. The molecule has 1 aliphatic heterocycles. The van der Waals surface area contributed by atoms with E-state index in [0.29, 0.717) is 18.1 Å². The van der Waals surface area contributed by atoms with E-state index in [1.807, 2.05) is 0 Å². The first-order valence-electron chi connectivity index (χ1n) is 6.55. The van der Waals surface area contributed by atoms with Gasteiger partial charge in [-0.2, -0.15) is 0 Å². The Hall–Kier alpha value is -0.860. The van der Waals surface area contributed by atoms with Gasteiger partial charge in [0.25, 0.3) is 0 Å². The van der Waals surface area contributed by atoms with E-state index in [-0.39, 0.29) is 0 Å². The summed E-state index contributed by atoms with van der Waals surface area (Å²) in [6.07, 6.45) is 2.66. The average molecular weight is 233 g/mol. The van der Waals surface area contributed by atoms with E-state index in [4.69, 9.17) is 4.74 Å². The fraction of sp³-hybridized carbons (Fsp3) is 0.600. The summed E-state index contributed by atoms with van der Waals surface area (Å²) < 4.78 is 5.67. The minimum absolute atomic E-state index is 0.386. The Morgan fingerprint density at radius 3 is 2.88 bits per heavy atom. The molecule has 0 aliphatic carbocycles. The van der Waals surface area contributed by atoms with Crippen LogP contribution >= 0.6 is 0 Å². The predicted molar refractivity (Wildman–Crippen MR) is 71.3 cm³/mol. The number of hydrogen-bond donors (Lipinski definition) is 1. The Morgan fingerprint density at radius 1 is 1.47 bits per heavy atom. The normalized spacial score (nSPS) is 26.1. The van der Waals surface area contributed by atoms with E-state index in [2.05, 4.69) is 50.5 Å². The summed E-state index contributed by atoms with van der Waals surface area (Å²) in [7, 11) is 2.06. The lowest BCUT2D eigenvalue weighted by atomic mass is 9.89. The summed E-state index contributed by atoms with van der Waals surface area (Å²) in [4.78, 5) is 0. The van der Waals surface area contributed by atoms with Gasteiger partial charge in [-0.25, -0.2) is 0 Å². The van der Waals surface area contributed by atoms with Gasteiger partial charge in [0, 0.05) is 18.6 Å². The zero-order valence-electron chi connectivity index (χ0n) is 11.1. The molecule has 0 spiro atoms. The van der Waals surface area contributed by atoms with Gasteiger partial charge in [0.05, 0.1) is 6.10 Å². The largest absolute Gasteiger partial charge is 0.378 e. The van der Waals surface area contributed by atoms with Crippen molar-refractivity contribution >= 4 is 0 Å². The average Bonchev–Trinajstić information content (AvgIpc) is 2.72. The molecule has 1 aromatic rings. The molecule has 17 heavy (non-hydrogen) atoms. The van der Waals surface area contributed by atoms with E-state index >= 15 is 0 Å². The second-order valence-corrected chi connectivity index (χ2v) is 5.12. The quantitative estimate of drug-likeness (QED) is 0.863. The maximum Gasteiger partial charge on any atom is 0.0590 e. The second kappa shape index (κ2) is 5.65. The molecule has 0 amide bonds. The molecule has 2 rings (SSSR count). The molecule has 1 heterocycles. The summed E-state index contributed by atoms with van der Waals surface area (Å²) in [5, 5.41) is 3.46. The Labute approximate surface area is 104 Å². The maximum absolute atomic E-state index is 5.67. The molecular formula is C15H23NO. The molecular weight excluding hydrogens is 210 g/mol. The molecule has 0 aromatic heterocycles. The summed E-state index contributed by atoms with van der Waals surface area (Å²) >= 11 is 0. The Balaban J connectivity index is 2.04. The van der Waals surface area contributed by atoms with Gasteiger partial charge in [-0.3, -0.25) is 0 Å². The van der Waals surface area contributed by atoms with Crippen LogP contribution in [0.1, 0.15) is 24.5 Å². The summed E-state index contributed by atoms with van der Waals surface area (Å²) in [5.41, 5.74) is 2.76. The zero-order valence-corrected chi connectivity index (χ0v) is 11.1. The van der Waals surface area contributed by atoms with Crippen molar-refractivity contribution in [3.05, 3.63) is 35.4 Å². The number of hydrogen-bond acceptors (Lipinski definition) is 2. The van der Waals surface area contributed by atoms with Crippen LogP contribution in [0, 0.1) is 12.8 Å². The third-order valence-corrected chi connectivity index (χ3v) is 3.86. The highest BCUT2D eigenvalue weighted by molar-refractivity contribution is 5.23. The van der Waals surface area contributed by atoms with Gasteiger partial charge in [-0.05, 0) is 39.3 Å². The van der Waals surface area contributed by atoms with E-state index in [9.17, 15) is 0 Å². The van der Waals surface area contributed by atoms with Gasteiger partial charge in [-0.1, -0.05) is 29.8 Å². The number of likely N-dealkylation sites (N-methyl/N-ethyl adjacent to an activating group) is 1. The molecule has 1 aromatic carbocycles. The number of ether oxygens (including phenoxy) is 1. The molecule has 2 nitrogen and oxygen atoms in total. The summed E-state index contributed by atoms with van der Waals surface area (Å²) in [6, 6.07) is 9.32. The third kappa shape index (κ3) is 3.08. The first kappa shape index (κ1) is 12.6. The van der Waals surface area contributed by atoms with Crippen LogP contribution in [0.4, 0.5) is 0 Å². The first-order chi connectivity index (χ1) is 8.20. The van der Waals surface area contributed by atoms with Crippen LogP contribution in [0.3, 0.4) is 0 Å². The van der Waals surface area contributed by atoms with Gasteiger partial charge in [0.1, 0.15) is 0 Å². The molecule has 94 valence electrons. The van der Waals surface area contributed by atoms with E-state index in [1.165, 1.54) is 17.5 Å². The van der Waals surface area contributed by atoms with Crippen molar-refractivity contribution in [2.45, 2.75) is 38.8 Å². The smallest absolute Gasteiger partial charge is 0.0590 e. The second-order valence-electron chi connectivity index (χ2n) is 5.12. The number of nitrogens with one attached hydrogen (secondary N) is 1. The predicted octanol–water partition coefficient (Wildman–Crippen LogP) is 2.55. The molecule has 3 unspecified atom stereocenters. The number of rotatable bonds is 4. The minimum Gasteiger partial charge on any atom is -0.378 e. The fourth-order valence-corrected chi connectivity index (χ4v) is 2.84. The minimum atomic E-state index is 0.386. The lowest BCUT2D eigenvalue weighted by Gasteiger charge is -2.25.